The van der Waals surface area contributed by atoms with E-state index in [0.717, 1.165) is 16.9 Å². The van der Waals surface area contributed by atoms with Gasteiger partial charge in [0.2, 0.25) is 5.91 Å². The first kappa shape index (κ1) is 24.7. The molecule has 37 heavy (non-hydrogen) atoms. The summed E-state index contributed by atoms with van der Waals surface area (Å²) in [6.45, 7) is 12.2. The van der Waals surface area contributed by atoms with Crippen LogP contribution in [-0.2, 0) is 14.3 Å². The minimum absolute atomic E-state index is 0.000923. The molecule has 0 atom stereocenters. The number of rotatable bonds is 8. The van der Waals surface area contributed by atoms with Crippen LogP contribution in [0.5, 0.6) is 5.75 Å². The molecule has 0 radical (unpaired) electrons. The lowest BCUT2D eigenvalue weighted by Gasteiger charge is -2.37. The molecule has 0 saturated carbocycles. The second-order valence-electron chi connectivity index (χ2n) is 9.66. The first-order valence-corrected chi connectivity index (χ1v) is 12.3. The lowest BCUT2D eigenvalue weighted by Crippen LogP contribution is -2.49. The molecule has 0 N–H and O–H groups in total. The van der Waals surface area contributed by atoms with Crippen LogP contribution in [0.25, 0.3) is 16.6 Å². The third-order valence-corrected chi connectivity index (χ3v) is 6.64. The second kappa shape index (κ2) is 10.2. The smallest absolute Gasteiger partial charge is 0.249 e. The summed E-state index contributed by atoms with van der Waals surface area (Å²) in [5.74, 6) is 1.46. The SMILES string of the molecule is C=C(C)C(=O)N1CCN(c2ccc(-c3cc(OCCOC4(C)COC4)cn4ncc(C#N)c34)cn2)CC1. The Morgan fingerprint density at radius 3 is 2.62 bits per heavy atom. The van der Waals surface area contributed by atoms with Gasteiger partial charge in [-0.25, -0.2) is 9.50 Å². The molecule has 1 amide bonds. The Labute approximate surface area is 215 Å². The number of carbonyl (C=O) groups is 1. The van der Waals surface area contributed by atoms with Crippen molar-refractivity contribution >= 4 is 17.2 Å². The molecule has 10 nitrogen and oxygen atoms in total. The predicted molar refractivity (Wildman–Crippen MR) is 137 cm³/mol. The topological polar surface area (TPSA) is 105 Å². The van der Waals surface area contributed by atoms with E-state index in [2.05, 4.69) is 22.6 Å². The third-order valence-electron chi connectivity index (χ3n) is 6.64. The maximum absolute atomic E-state index is 12.2. The number of piperazine rings is 1. The Morgan fingerprint density at radius 2 is 2.00 bits per heavy atom. The summed E-state index contributed by atoms with van der Waals surface area (Å²) in [5, 5.41) is 14.0. The van der Waals surface area contributed by atoms with E-state index in [1.54, 1.807) is 30.0 Å². The highest BCUT2D eigenvalue weighted by Crippen LogP contribution is 2.31. The van der Waals surface area contributed by atoms with Gasteiger partial charge < -0.3 is 24.0 Å². The Balaban J connectivity index is 1.32. The molecule has 192 valence electrons. The standard InChI is InChI=1S/C27H30N6O4/c1-19(2)26(34)32-8-6-31(7-9-32)24-5-4-20(14-29-24)23-12-22(16-33-25(23)21(13-28)15-30-33)36-10-11-37-27(3)17-35-18-27/h4-5,12,14-16H,1,6-11,17-18H2,2-3H3. The number of pyridine rings is 2. The Kier molecular flexibility index (Phi) is 6.82. The Bertz CT molecular complexity index is 1350. The van der Waals surface area contributed by atoms with Crippen molar-refractivity contribution in [1.82, 2.24) is 19.5 Å². The first-order chi connectivity index (χ1) is 17.9. The van der Waals surface area contributed by atoms with Gasteiger partial charge in [0.05, 0.1) is 43.3 Å². The number of hydrogen-bond donors (Lipinski definition) is 0. The zero-order valence-electron chi connectivity index (χ0n) is 21.1. The molecule has 3 aromatic heterocycles. The number of hydrogen-bond acceptors (Lipinski definition) is 8. The van der Waals surface area contributed by atoms with Crippen LogP contribution in [0, 0.1) is 11.3 Å². The van der Waals surface area contributed by atoms with Crippen LogP contribution in [0.15, 0.2) is 48.9 Å². The van der Waals surface area contributed by atoms with Gasteiger partial charge in [0.1, 0.15) is 29.8 Å². The van der Waals surface area contributed by atoms with Crippen molar-refractivity contribution in [2.24, 2.45) is 0 Å². The highest BCUT2D eigenvalue weighted by atomic mass is 16.6. The molecule has 2 saturated heterocycles. The van der Waals surface area contributed by atoms with Crippen molar-refractivity contribution in [1.29, 1.82) is 5.26 Å². The molecule has 0 aliphatic carbocycles. The number of ether oxygens (including phenoxy) is 3. The van der Waals surface area contributed by atoms with Crippen LogP contribution in [-0.4, -0.2) is 83.6 Å². The van der Waals surface area contributed by atoms with Crippen molar-refractivity contribution in [3.63, 3.8) is 0 Å². The van der Waals surface area contributed by atoms with Crippen molar-refractivity contribution in [2.45, 2.75) is 19.4 Å². The Hall–Kier alpha value is -3.94. The minimum atomic E-state index is -0.234. The van der Waals surface area contributed by atoms with E-state index in [9.17, 15) is 10.1 Å². The largest absolute Gasteiger partial charge is 0.490 e. The zero-order chi connectivity index (χ0) is 26.0. The molecule has 5 rings (SSSR count). The van der Waals surface area contributed by atoms with Crippen molar-refractivity contribution in [3.8, 4) is 22.9 Å². The number of carbonyl (C=O) groups excluding carboxylic acids is 1. The molecule has 5 heterocycles. The molecule has 3 aromatic rings. The molecule has 2 aliphatic rings. The monoisotopic (exact) mass is 502 g/mol. The lowest BCUT2D eigenvalue weighted by atomic mass is 10.1. The number of amides is 1. The van der Waals surface area contributed by atoms with E-state index < -0.39 is 0 Å². The number of fused-ring (bicyclic) bond motifs is 1. The molecule has 0 bridgehead atoms. The molecule has 0 spiro atoms. The summed E-state index contributed by atoms with van der Waals surface area (Å²) in [7, 11) is 0. The van der Waals surface area contributed by atoms with Gasteiger partial charge in [-0.05, 0) is 32.0 Å². The van der Waals surface area contributed by atoms with Crippen LogP contribution < -0.4 is 9.64 Å². The van der Waals surface area contributed by atoms with E-state index in [-0.39, 0.29) is 11.5 Å². The third kappa shape index (κ3) is 5.14. The number of anilines is 1. The Morgan fingerprint density at radius 1 is 1.22 bits per heavy atom. The van der Waals surface area contributed by atoms with Gasteiger partial charge in [-0.2, -0.15) is 10.4 Å². The van der Waals surface area contributed by atoms with Crippen molar-refractivity contribution in [2.75, 3.05) is 57.5 Å². The molecule has 0 unspecified atom stereocenters. The molecule has 2 fully saturated rings. The fraction of sp³-hybridized carbons (Fsp3) is 0.407. The van der Waals surface area contributed by atoms with Gasteiger partial charge >= 0.3 is 0 Å². The van der Waals surface area contributed by atoms with E-state index in [1.165, 1.54) is 0 Å². The second-order valence-corrected chi connectivity index (χ2v) is 9.66. The van der Waals surface area contributed by atoms with E-state index in [4.69, 9.17) is 19.2 Å². The molecule has 10 heteroatoms. The van der Waals surface area contributed by atoms with Crippen LogP contribution in [0.3, 0.4) is 0 Å². The number of nitrogens with zero attached hydrogens (tertiary/aromatic N) is 6. The normalized spacial score (nSPS) is 16.8. The predicted octanol–water partition coefficient (Wildman–Crippen LogP) is 2.68. The number of aromatic nitrogens is 3. The zero-order valence-corrected chi connectivity index (χ0v) is 21.1. The van der Waals surface area contributed by atoms with Crippen LogP contribution in [0.1, 0.15) is 19.4 Å². The summed E-state index contributed by atoms with van der Waals surface area (Å²) in [6.07, 6.45) is 5.12. The van der Waals surface area contributed by atoms with Gasteiger partial charge in [-0.3, -0.25) is 4.79 Å². The summed E-state index contributed by atoms with van der Waals surface area (Å²) in [6, 6.07) is 8.08. The van der Waals surface area contributed by atoms with Gasteiger partial charge in [0.15, 0.2) is 0 Å². The van der Waals surface area contributed by atoms with Gasteiger partial charge in [0, 0.05) is 49.1 Å². The molecule has 0 aromatic carbocycles. The summed E-state index contributed by atoms with van der Waals surface area (Å²) in [5.41, 5.74) is 3.16. The highest BCUT2D eigenvalue weighted by Gasteiger charge is 2.34. The van der Waals surface area contributed by atoms with Gasteiger partial charge in [-0.15, -0.1) is 0 Å². The molecular formula is C27H30N6O4. The molecule has 2 aliphatic heterocycles. The maximum atomic E-state index is 12.2. The van der Waals surface area contributed by atoms with Crippen molar-refractivity contribution < 1.29 is 19.0 Å². The lowest BCUT2D eigenvalue weighted by molar-refractivity contribution is -0.201. The fourth-order valence-corrected chi connectivity index (χ4v) is 4.54. The molecular weight excluding hydrogens is 472 g/mol. The van der Waals surface area contributed by atoms with E-state index in [0.29, 0.717) is 75.0 Å². The summed E-state index contributed by atoms with van der Waals surface area (Å²) >= 11 is 0. The van der Waals surface area contributed by atoms with E-state index in [1.807, 2.05) is 30.0 Å². The van der Waals surface area contributed by atoms with Crippen LogP contribution >= 0.6 is 0 Å². The highest BCUT2D eigenvalue weighted by molar-refractivity contribution is 5.92. The fourth-order valence-electron chi connectivity index (χ4n) is 4.54. The summed E-state index contributed by atoms with van der Waals surface area (Å²) in [4.78, 5) is 20.9. The number of nitriles is 1. The van der Waals surface area contributed by atoms with E-state index >= 15 is 0 Å². The summed E-state index contributed by atoms with van der Waals surface area (Å²) < 4.78 is 18.7. The van der Waals surface area contributed by atoms with Crippen LogP contribution in [0.4, 0.5) is 5.82 Å². The average molecular weight is 503 g/mol. The average Bonchev–Trinajstić information content (AvgIpc) is 3.32. The van der Waals surface area contributed by atoms with Gasteiger partial charge in [0.25, 0.3) is 0 Å². The van der Waals surface area contributed by atoms with Crippen molar-refractivity contribution in [3.05, 3.63) is 54.5 Å². The first-order valence-electron chi connectivity index (χ1n) is 12.3. The quantitative estimate of drug-likeness (QED) is 0.342. The minimum Gasteiger partial charge on any atom is -0.490 e. The van der Waals surface area contributed by atoms with Crippen LogP contribution in [0.2, 0.25) is 0 Å². The maximum Gasteiger partial charge on any atom is 0.249 e. The van der Waals surface area contributed by atoms with Gasteiger partial charge in [-0.1, -0.05) is 6.58 Å².